The van der Waals surface area contributed by atoms with E-state index in [2.05, 4.69) is 4.98 Å². The zero-order valence-corrected chi connectivity index (χ0v) is 13.4. The van der Waals surface area contributed by atoms with Crippen LogP contribution in [-0.2, 0) is 9.84 Å². The van der Waals surface area contributed by atoms with Crippen molar-refractivity contribution in [1.82, 2.24) is 4.98 Å². The Bertz CT molecular complexity index is 891. The van der Waals surface area contributed by atoms with Gasteiger partial charge in [0.1, 0.15) is 10.8 Å². The Morgan fingerprint density at radius 1 is 1.05 bits per heavy atom. The standard InChI is InChI=1S/C16H14NO3S2/c18-22(19)10-4-3-7-15(22)13-8-9-14(21-13)16-17-11-5-1-2-6-12(11)20-16/h1-2,5-6,8-9H,3-4,7,10H2. The zero-order valence-electron chi connectivity index (χ0n) is 11.8. The highest BCUT2D eigenvalue weighted by Gasteiger charge is 2.32. The third-order valence-electron chi connectivity index (χ3n) is 3.83. The Morgan fingerprint density at radius 3 is 2.68 bits per heavy atom. The third-order valence-corrected chi connectivity index (χ3v) is 7.09. The fourth-order valence-electron chi connectivity index (χ4n) is 2.71. The van der Waals surface area contributed by atoms with Crippen LogP contribution in [0.4, 0.5) is 0 Å². The highest BCUT2D eigenvalue weighted by atomic mass is 32.2. The summed E-state index contributed by atoms with van der Waals surface area (Å²) >= 11 is 1.44. The number of hydrogen-bond acceptors (Lipinski definition) is 5. The molecule has 0 saturated carbocycles. The lowest BCUT2D eigenvalue weighted by Gasteiger charge is -2.19. The van der Waals surface area contributed by atoms with Gasteiger partial charge in [-0.25, -0.2) is 13.4 Å². The minimum atomic E-state index is -3.09. The third kappa shape index (κ3) is 2.36. The number of para-hydroxylation sites is 2. The van der Waals surface area contributed by atoms with Crippen molar-refractivity contribution in [3.8, 4) is 10.8 Å². The fourth-order valence-corrected chi connectivity index (χ4v) is 5.78. The second-order valence-electron chi connectivity index (χ2n) is 5.35. The number of hydrogen-bond donors (Lipinski definition) is 0. The molecule has 1 saturated heterocycles. The van der Waals surface area contributed by atoms with Gasteiger partial charge in [-0.1, -0.05) is 18.6 Å². The van der Waals surface area contributed by atoms with Gasteiger partial charge >= 0.3 is 0 Å². The molecule has 6 heteroatoms. The summed E-state index contributed by atoms with van der Waals surface area (Å²) in [5.74, 6) is 0.810. The zero-order chi connectivity index (χ0) is 15.2. The van der Waals surface area contributed by atoms with E-state index in [4.69, 9.17) is 4.42 Å². The van der Waals surface area contributed by atoms with Crippen LogP contribution >= 0.6 is 11.3 Å². The first-order chi connectivity index (χ1) is 10.6. The quantitative estimate of drug-likeness (QED) is 0.711. The number of nitrogens with zero attached hydrogens (tertiary/aromatic N) is 1. The lowest BCUT2D eigenvalue weighted by Crippen LogP contribution is -2.21. The first-order valence-corrected chi connectivity index (χ1v) is 9.65. The van der Waals surface area contributed by atoms with E-state index in [0.717, 1.165) is 33.7 Å². The number of rotatable bonds is 2. The van der Waals surface area contributed by atoms with E-state index < -0.39 is 9.84 Å². The molecule has 1 aromatic carbocycles. The molecule has 2 aromatic heterocycles. The fraction of sp³-hybridized carbons (Fsp3) is 0.250. The van der Waals surface area contributed by atoms with Crippen molar-refractivity contribution in [2.75, 3.05) is 5.75 Å². The van der Waals surface area contributed by atoms with Gasteiger partial charge in [-0.15, -0.1) is 11.3 Å². The summed E-state index contributed by atoms with van der Waals surface area (Å²) in [7, 11) is -3.09. The average Bonchev–Trinajstić information content (AvgIpc) is 3.13. The second-order valence-corrected chi connectivity index (χ2v) is 8.56. The van der Waals surface area contributed by atoms with Crippen molar-refractivity contribution < 1.29 is 12.8 Å². The van der Waals surface area contributed by atoms with Crippen LogP contribution < -0.4 is 0 Å². The first kappa shape index (κ1) is 14.0. The molecule has 4 nitrogen and oxygen atoms in total. The summed E-state index contributed by atoms with van der Waals surface area (Å²) in [4.78, 5) is 6.14. The number of thiophene rings is 1. The molecular weight excluding hydrogens is 318 g/mol. The summed E-state index contributed by atoms with van der Waals surface area (Å²) in [6, 6.07) is 11.4. The van der Waals surface area contributed by atoms with Crippen molar-refractivity contribution in [3.05, 3.63) is 46.5 Å². The molecule has 0 spiro atoms. The Hall–Kier alpha value is -1.66. The molecule has 1 aliphatic rings. The SMILES string of the molecule is O=S1(=O)CCCC[C]1c1ccc(-c2nc3ccccc3o2)s1. The smallest absolute Gasteiger partial charge is 0.237 e. The van der Waals surface area contributed by atoms with Crippen LogP contribution in [0.15, 0.2) is 40.8 Å². The monoisotopic (exact) mass is 332 g/mol. The molecule has 0 amide bonds. The highest BCUT2D eigenvalue weighted by Crippen LogP contribution is 2.39. The van der Waals surface area contributed by atoms with Crippen molar-refractivity contribution in [1.29, 1.82) is 0 Å². The maximum Gasteiger partial charge on any atom is 0.237 e. The normalized spacial score (nSPS) is 18.7. The van der Waals surface area contributed by atoms with Crippen LogP contribution in [0.5, 0.6) is 0 Å². The van der Waals surface area contributed by atoms with Gasteiger partial charge < -0.3 is 4.42 Å². The summed E-state index contributed by atoms with van der Waals surface area (Å²) in [6.07, 6.45) is 2.33. The Kier molecular flexibility index (Phi) is 3.31. The van der Waals surface area contributed by atoms with E-state index in [1.54, 1.807) is 0 Å². The minimum Gasteiger partial charge on any atom is -0.435 e. The first-order valence-electron chi connectivity index (χ1n) is 7.18. The van der Waals surface area contributed by atoms with E-state index in [9.17, 15) is 8.42 Å². The van der Waals surface area contributed by atoms with Crippen molar-refractivity contribution in [2.24, 2.45) is 0 Å². The number of aromatic nitrogens is 1. The van der Waals surface area contributed by atoms with Crippen LogP contribution in [0.3, 0.4) is 0 Å². The summed E-state index contributed by atoms with van der Waals surface area (Å²) in [5, 5.41) is 0.575. The Morgan fingerprint density at radius 2 is 1.86 bits per heavy atom. The topological polar surface area (TPSA) is 60.2 Å². The molecule has 3 heterocycles. The van der Waals surface area contributed by atoms with Gasteiger partial charge in [-0.05, 0) is 37.1 Å². The van der Waals surface area contributed by atoms with Gasteiger partial charge in [0, 0.05) is 4.88 Å². The van der Waals surface area contributed by atoms with E-state index in [0.29, 0.717) is 17.6 Å². The van der Waals surface area contributed by atoms with Crippen molar-refractivity contribution in [3.63, 3.8) is 0 Å². The van der Waals surface area contributed by atoms with Crippen LogP contribution in [0, 0.1) is 5.25 Å². The summed E-state index contributed by atoms with van der Waals surface area (Å²) in [5.41, 5.74) is 1.55. The van der Waals surface area contributed by atoms with Crippen molar-refractivity contribution >= 4 is 32.3 Å². The Balaban J connectivity index is 1.72. The Labute approximate surface area is 132 Å². The van der Waals surface area contributed by atoms with Gasteiger partial charge in [0.2, 0.25) is 5.89 Å². The van der Waals surface area contributed by atoms with E-state index >= 15 is 0 Å². The van der Waals surface area contributed by atoms with E-state index in [1.807, 2.05) is 36.4 Å². The van der Waals surface area contributed by atoms with Crippen LogP contribution in [-0.4, -0.2) is 19.2 Å². The molecule has 113 valence electrons. The predicted molar refractivity (Wildman–Crippen MR) is 87.3 cm³/mol. The van der Waals surface area contributed by atoms with Gasteiger partial charge in [0.25, 0.3) is 0 Å². The number of benzene rings is 1. The molecule has 0 aliphatic carbocycles. The number of fused-ring (bicyclic) bond motifs is 1. The molecule has 3 aromatic rings. The van der Waals surface area contributed by atoms with Gasteiger partial charge in [-0.3, -0.25) is 0 Å². The molecular formula is C16H14NO3S2. The van der Waals surface area contributed by atoms with Crippen LogP contribution in [0.25, 0.3) is 21.9 Å². The van der Waals surface area contributed by atoms with Gasteiger partial charge in [-0.2, -0.15) is 0 Å². The molecule has 0 N–H and O–H groups in total. The molecule has 4 rings (SSSR count). The lowest BCUT2D eigenvalue weighted by atomic mass is 10.1. The molecule has 22 heavy (non-hydrogen) atoms. The van der Waals surface area contributed by atoms with Crippen molar-refractivity contribution in [2.45, 2.75) is 19.3 Å². The number of oxazole rings is 1. The van der Waals surface area contributed by atoms with Gasteiger partial charge in [0.05, 0.1) is 10.6 Å². The summed E-state index contributed by atoms with van der Waals surface area (Å²) in [6.45, 7) is 0. The second kappa shape index (κ2) is 5.21. The van der Waals surface area contributed by atoms with Gasteiger partial charge in [0.15, 0.2) is 15.4 Å². The molecule has 0 unspecified atom stereocenters. The van der Waals surface area contributed by atoms with Crippen LogP contribution in [0.1, 0.15) is 24.1 Å². The maximum atomic E-state index is 12.2. The predicted octanol–water partition coefficient (Wildman–Crippen LogP) is 4.04. The molecule has 0 bridgehead atoms. The highest BCUT2D eigenvalue weighted by molar-refractivity contribution is 7.94. The molecule has 1 aliphatic heterocycles. The maximum absolute atomic E-state index is 12.2. The largest absolute Gasteiger partial charge is 0.435 e. The van der Waals surface area contributed by atoms with E-state index in [1.165, 1.54) is 11.3 Å². The lowest BCUT2D eigenvalue weighted by molar-refractivity contribution is 0.577. The molecule has 1 radical (unpaired) electrons. The number of sulfone groups is 1. The minimum absolute atomic E-state index is 0.262. The molecule has 1 fully saturated rings. The van der Waals surface area contributed by atoms with E-state index in [-0.39, 0.29) is 5.75 Å². The average molecular weight is 332 g/mol. The molecule has 0 atom stereocenters. The van der Waals surface area contributed by atoms with Crippen LogP contribution in [0.2, 0.25) is 0 Å². The summed E-state index contributed by atoms with van der Waals surface area (Å²) < 4.78 is 30.1.